The zero-order chi connectivity index (χ0) is 6.85. The van der Waals surface area contributed by atoms with Crippen molar-refractivity contribution in [1.29, 1.82) is 0 Å². The Bertz CT molecular complexity index is 199. The average molecular weight is 122 g/mol. The van der Waals surface area contributed by atoms with Crippen LogP contribution in [0.4, 0.5) is 5.82 Å². The maximum Gasteiger partial charge on any atom is 0.0396 e. The molecule has 3 nitrogen and oxygen atoms in total. The molecule has 0 saturated heterocycles. The van der Waals surface area contributed by atoms with E-state index < -0.39 is 0 Å². The summed E-state index contributed by atoms with van der Waals surface area (Å²) in [5, 5.41) is 0. The van der Waals surface area contributed by atoms with Gasteiger partial charge in [0, 0.05) is 12.0 Å². The molecule has 0 aromatic carbocycles. The highest BCUT2D eigenvalue weighted by atomic mass is 14.9. The first-order valence-electron chi connectivity index (χ1n) is 2.71. The van der Waals surface area contributed by atoms with Gasteiger partial charge in [0.1, 0.15) is 0 Å². The minimum Gasteiger partial charge on any atom is -0.482 e. The lowest BCUT2D eigenvalue weighted by molar-refractivity contribution is 1.08. The van der Waals surface area contributed by atoms with Gasteiger partial charge in [-0.2, -0.15) is 0 Å². The summed E-state index contributed by atoms with van der Waals surface area (Å²) in [4.78, 5) is 7.60. The van der Waals surface area contributed by atoms with Crippen LogP contribution in [0.1, 0.15) is 11.3 Å². The molecule has 48 valence electrons. The third-order valence-corrected chi connectivity index (χ3v) is 1.34. The second-order valence-electron chi connectivity index (χ2n) is 1.93. The van der Waals surface area contributed by atoms with Crippen molar-refractivity contribution in [3.63, 3.8) is 0 Å². The summed E-state index contributed by atoms with van der Waals surface area (Å²) in [6.45, 7) is 3.72. The van der Waals surface area contributed by atoms with Gasteiger partial charge in [0.25, 0.3) is 0 Å². The molecule has 0 aliphatic carbocycles. The summed E-state index contributed by atoms with van der Waals surface area (Å²) in [7, 11) is 0. The van der Waals surface area contributed by atoms with E-state index in [-0.39, 0.29) is 0 Å². The van der Waals surface area contributed by atoms with Gasteiger partial charge in [0.15, 0.2) is 0 Å². The van der Waals surface area contributed by atoms with Gasteiger partial charge < -0.3 is 10.7 Å². The van der Waals surface area contributed by atoms with Gasteiger partial charge >= 0.3 is 0 Å². The van der Waals surface area contributed by atoms with Crippen LogP contribution in [0.2, 0.25) is 0 Å². The van der Waals surface area contributed by atoms with Gasteiger partial charge in [-0.25, -0.2) is 0 Å². The van der Waals surface area contributed by atoms with Crippen LogP contribution >= 0.6 is 0 Å². The Morgan fingerprint density at radius 1 is 1.33 bits per heavy atom. The highest BCUT2D eigenvalue weighted by molar-refractivity contribution is 5.43. The van der Waals surface area contributed by atoms with E-state index >= 15 is 0 Å². The first kappa shape index (κ1) is 6.01. The summed E-state index contributed by atoms with van der Waals surface area (Å²) in [6, 6.07) is 0. The number of aromatic nitrogens is 2. The molecule has 0 radical (unpaired) electrons. The van der Waals surface area contributed by atoms with E-state index in [4.69, 9.17) is 5.73 Å². The number of nitrogens with zero attached hydrogens (tertiary/aromatic N) is 2. The minimum atomic E-state index is 0.322. The smallest absolute Gasteiger partial charge is 0.0396 e. The molecule has 0 fully saturated rings. The highest BCUT2D eigenvalue weighted by Crippen LogP contribution is 2.13. The molecule has 1 aromatic rings. The molecule has 0 bridgehead atoms. The third-order valence-electron chi connectivity index (χ3n) is 1.34. The van der Waals surface area contributed by atoms with E-state index in [9.17, 15) is 0 Å². The largest absolute Gasteiger partial charge is 0.482 e. The Kier molecular flexibility index (Phi) is 1.34. The molecular weight excluding hydrogens is 114 g/mol. The van der Waals surface area contributed by atoms with Crippen molar-refractivity contribution in [3.05, 3.63) is 23.3 Å². The van der Waals surface area contributed by atoms with Crippen LogP contribution in [0.25, 0.3) is 5.73 Å². The summed E-state index contributed by atoms with van der Waals surface area (Å²) >= 11 is 0. The third kappa shape index (κ3) is 0.988. The number of aryl methyl sites for hydroxylation is 1. The van der Waals surface area contributed by atoms with Crippen molar-refractivity contribution in [3.8, 4) is 0 Å². The Morgan fingerprint density at radius 3 is 2.44 bits per heavy atom. The first-order valence-corrected chi connectivity index (χ1v) is 2.71. The second kappa shape index (κ2) is 2.01. The first-order chi connectivity index (χ1) is 4.22. The lowest BCUT2D eigenvalue weighted by atomic mass is 10.2. The number of nitrogens with one attached hydrogen (secondary N) is 1. The molecule has 1 heterocycles. The SMILES string of the molecule is Cc1ncnc([NH-])c1C. The van der Waals surface area contributed by atoms with Crippen molar-refractivity contribution in [2.75, 3.05) is 0 Å². The molecule has 0 aliphatic heterocycles. The van der Waals surface area contributed by atoms with E-state index in [2.05, 4.69) is 9.97 Å². The van der Waals surface area contributed by atoms with Crippen LogP contribution in [-0.4, -0.2) is 9.97 Å². The molecular formula is C6H8N3-. The molecule has 0 spiro atoms. The van der Waals surface area contributed by atoms with Crippen LogP contribution in [0.3, 0.4) is 0 Å². The second-order valence-corrected chi connectivity index (χ2v) is 1.93. The Hall–Kier alpha value is -1.12. The molecule has 1 N–H and O–H groups in total. The van der Waals surface area contributed by atoms with Crippen LogP contribution in [-0.2, 0) is 0 Å². The van der Waals surface area contributed by atoms with E-state index in [1.54, 1.807) is 0 Å². The van der Waals surface area contributed by atoms with Gasteiger partial charge in [0.2, 0.25) is 0 Å². The Balaban J connectivity index is 3.25. The molecule has 0 atom stereocenters. The van der Waals surface area contributed by atoms with Gasteiger partial charge in [0.05, 0.1) is 0 Å². The summed E-state index contributed by atoms with van der Waals surface area (Å²) in [6.07, 6.45) is 1.41. The van der Waals surface area contributed by atoms with Crippen LogP contribution < -0.4 is 0 Å². The molecule has 0 amide bonds. The fraction of sp³-hybridized carbons (Fsp3) is 0.333. The van der Waals surface area contributed by atoms with E-state index in [1.165, 1.54) is 6.33 Å². The fourth-order valence-electron chi connectivity index (χ4n) is 0.538. The van der Waals surface area contributed by atoms with Gasteiger partial charge in [-0.1, -0.05) is 5.82 Å². The Labute approximate surface area is 53.9 Å². The van der Waals surface area contributed by atoms with Crippen molar-refractivity contribution < 1.29 is 0 Å². The molecule has 0 saturated carbocycles. The van der Waals surface area contributed by atoms with Crippen molar-refractivity contribution in [1.82, 2.24) is 9.97 Å². The predicted octanol–water partition coefficient (Wildman–Crippen LogP) is 1.78. The minimum absolute atomic E-state index is 0.322. The standard InChI is InChI=1S/C6H8N3/c1-4-5(2)8-3-9-6(4)7/h3H,1-2H3,(H-,7,8,9)/q-1. The lowest BCUT2D eigenvalue weighted by Crippen LogP contribution is -1.87. The summed E-state index contributed by atoms with van der Waals surface area (Å²) in [5.74, 6) is 0.322. The van der Waals surface area contributed by atoms with Crippen molar-refractivity contribution >= 4 is 5.82 Å². The van der Waals surface area contributed by atoms with Crippen LogP contribution in [0, 0.1) is 13.8 Å². The zero-order valence-corrected chi connectivity index (χ0v) is 5.47. The molecule has 3 heteroatoms. The predicted molar refractivity (Wildman–Crippen MR) is 35.5 cm³/mol. The maximum atomic E-state index is 7.21. The number of hydrogen-bond acceptors (Lipinski definition) is 2. The Morgan fingerprint density at radius 2 is 2.00 bits per heavy atom. The topological polar surface area (TPSA) is 49.6 Å². The van der Waals surface area contributed by atoms with Gasteiger partial charge in [-0.3, -0.25) is 4.98 Å². The molecule has 1 rings (SSSR count). The van der Waals surface area contributed by atoms with E-state index in [0.29, 0.717) is 5.82 Å². The zero-order valence-electron chi connectivity index (χ0n) is 5.47. The van der Waals surface area contributed by atoms with Gasteiger partial charge in [-0.05, 0) is 19.4 Å². The maximum absolute atomic E-state index is 7.21. The van der Waals surface area contributed by atoms with Crippen LogP contribution in [0.15, 0.2) is 6.33 Å². The normalized spacial score (nSPS) is 9.56. The monoisotopic (exact) mass is 122 g/mol. The van der Waals surface area contributed by atoms with E-state index in [0.717, 1.165) is 11.3 Å². The lowest BCUT2D eigenvalue weighted by Gasteiger charge is -2.07. The molecule has 0 aliphatic rings. The van der Waals surface area contributed by atoms with Crippen molar-refractivity contribution in [2.45, 2.75) is 13.8 Å². The molecule has 9 heavy (non-hydrogen) atoms. The average Bonchev–Trinajstić information content (AvgIpc) is 1.83. The van der Waals surface area contributed by atoms with Gasteiger partial charge in [-0.15, -0.1) is 0 Å². The number of hydrogen-bond donors (Lipinski definition) is 0. The van der Waals surface area contributed by atoms with Crippen LogP contribution in [0.5, 0.6) is 0 Å². The fourth-order valence-corrected chi connectivity index (χ4v) is 0.538. The van der Waals surface area contributed by atoms with Crippen molar-refractivity contribution in [2.24, 2.45) is 0 Å². The summed E-state index contributed by atoms with van der Waals surface area (Å²) in [5.41, 5.74) is 8.95. The highest BCUT2D eigenvalue weighted by Gasteiger charge is 1.88. The molecule has 1 aromatic heterocycles. The number of rotatable bonds is 0. The molecule has 0 unspecified atom stereocenters. The quantitative estimate of drug-likeness (QED) is 0.526. The van der Waals surface area contributed by atoms with E-state index in [1.807, 2.05) is 13.8 Å². The summed E-state index contributed by atoms with van der Waals surface area (Å²) < 4.78 is 0.